The Kier molecular flexibility index (Phi) is 26.2. The normalized spacial score (nSPS) is 14.3. The van der Waals surface area contributed by atoms with Crippen LogP contribution in [0.5, 0.6) is 11.8 Å². The predicted octanol–water partition coefficient (Wildman–Crippen LogP) is 7.04. The van der Waals surface area contributed by atoms with E-state index in [9.17, 15) is 46.2 Å². The Morgan fingerprint density at radius 2 is 0.806 bits per heavy atom. The average molecular weight is 1320 g/mol. The number of hydrogen-bond donors (Lipinski definition) is 6. The second kappa shape index (κ2) is 33.4. The minimum atomic E-state index is -3.66. The monoisotopic (exact) mass is 1320 g/mol. The van der Waals surface area contributed by atoms with Crippen LogP contribution < -0.4 is 9.80 Å². The first-order chi connectivity index (χ1) is 43.8. The van der Waals surface area contributed by atoms with E-state index >= 15 is 0 Å². The van der Waals surface area contributed by atoms with Crippen LogP contribution in [0.25, 0.3) is 21.8 Å². The number of anilines is 2. The molecule has 0 spiro atoms. The largest absolute Gasteiger partial charge is 0.494 e. The number of amides is 2. The molecule has 0 radical (unpaired) electrons. The number of nitrogens with one attached hydrogen (secondary N) is 2. The third-order valence-corrected chi connectivity index (χ3v) is 16.8. The second-order valence-electron chi connectivity index (χ2n) is 21.7. The van der Waals surface area contributed by atoms with Crippen LogP contribution in [0.2, 0.25) is 0 Å². The van der Waals surface area contributed by atoms with Crippen molar-refractivity contribution < 1.29 is 70.3 Å². The number of methoxy groups -OCH3 is 2. The number of nitrogens with zero attached hydrogens (tertiary/aromatic N) is 8. The van der Waals surface area contributed by atoms with E-state index in [1.807, 2.05) is 109 Å². The van der Waals surface area contributed by atoms with Gasteiger partial charge in [0.2, 0.25) is 11.8 Å². The minimum Gasteiger partial charge on any atom is -0.494 e. The maximum Gasteiger partial charge on any atom is 0.337 e. The van der Waals surface area contributed by atoms with Gasteiger partial charge in [0.25, 0.3) is 20.2 Å². The first kappa shape index (κ1) is 72.9. The summed E-state index contributed by atoms with van der Waals surface area (Å²) in [4.78, 5) is 78.0. The summed E-state index contributed by atoms with van der Waals surface area (Å²) in [6.07, 6.45) is 0. The Hall–Kier alpha value is -9.16. The van der Waals surface area contributed by atoms with Crippen molar-refractivity contribution in [3.05, 3.63) is 179 Å². The van der Waals surface area contributed by atoms with Gasteiger partial charge in [0.15, 0.2) is 11.8 Å². The molecule has 0 bridgehead atoms. The summed E-state index contributed by atoms with van der Waals surface area (Å²) in [5.41, 5.74) is 8.68. The first-order valence-electron chi connectivity index (χ1n) is 29.4. The highest BCUT2D eigenvalue weighted by Crippen LogP contribution is 2.35. The number of aromatic amines is 2. The summed E-state index contributed by atoms with van der Waals surface area (Å²) in [5, 5.41) is 23.4. The quantitative estimate of drug-likeness (QED) is 0.0321. The number of H-pyrrole nitrogens is 2. The fourth-order valence-electron chi connectivity index (χ4n) is 9.71. The van der Waals surface area contributed by atoms with Crippen molar-refractivity contribution in [3.8, 4) is 11.8 Å². The van der Waals surface area contributed by atoms with Crippen molar-refractivity contribution in [1.82, 2.24) is 29.6 Å². The number of likely N-dealkylation sites (N-methyl/N-ethyl adjacent to an activating group) is 4. The molecule has 0 saturated carbocycles. The fourth-order valence-corrected chi connectivity index (χ4v) is 9.71. The Labute approximate surface area is 541 Å². The standard InChI is InChI=1S/2C31H33N5O4.2C2H6O3S.H2O/c2*1-34-15-17-36(18-16-34)20-27(37)35(2)24-12-10-23(11-13-24)32-29(21-7-5-4-6-8-21)28-25-14-9-22(31(39)40-3)19-26(25)33-30(28)38;2*1-2-6(3,4)5;/h2*4-14,19,33,38H,15-18,20H2,1-3H3;2*2H2,1H3,(H,3,4,5);1H2. The fraction of sp³-hybridized carbons (Fsp3) is 0.303. The molecule has 10 rings (SSSR count). The maximum absolute atomic E-state index is 12.9. The number of aliphatic imine (C=N–C) groups is 2. The Morgan fingerprint density at radius 1 is 0.495 bits per heavy atom. The predicted molar refractivity (Wildman–Crippen MR) is 361 cm³/mol. The van der Waals surface area contributed by atoms with Crippen molar-refractivity contribution in [1.29, 1.82) is 0 Å². The van der Waals surface area contributed by atoms with E-state index in [-0.39, 0.29) is 40.6 Å². The summed E-state index contributed by atoms with van der Waals surface area (Å²) in [7, 11) is 3.11. The van der Waals surface area contributed by atoms with Crippen LogP contribution in [0.3, 0.4) is 0 Å². The summed E-state index contributed by atoms with van der Waals surface area (Å²) >= 11 is 0. The zero-order valence-corrected chi connectivity index (χ0v) is 54.7. The molecular formula is C66H80N10O15S2. The van der Waals surface area contributed by atoms with Gasteiger partial charge in [-0.05, 0) is 101 Å². The molecule has 2 saturated heterocycles. The van der Waals surface area contributed by atoms with E-state index in [4.69, 9.17) is 28.6 Å². The zero-order chi connectivity index (χ0) is 66.9. The lowest BCUT2D eigenvalue weighted by molar-refractivity contribution is -0.120. The number of aromatic nitrogens is 2. The summed E-state index contributed by atoms with van der Waals surface area (Å²) in [6, 6.07) is 44.3. The van der Waals surface area contributed by atoms with Gasteiger partial charge in [-0.1, -0.05) is 72.8 Å². The third kappa shape index (κ3) is 20.4. The van der Waals surface area contributed by atoms with Gasteiger partial charge >= 0.3 is 11.9 Å². The van der Waals surface area contributed by atoms with Crippen molar-refractivity contribution in [2.45, 2.75) is 13.8 Å². The van der Waals surface area contributed by atoms with Gasteiger partial charge in [0.05, 0.1) is 83.9 Å². The van der Waals surface area contributed by atoms with Crippen molar-refractivity contribution in [3.63, 3.8) is 0 Å². The Morgan fingerprint density at radius 3 is 1.10 bits per heavy atom. The molecule has 2 fully saturated rings. The van der Waals surface area contributed by atoms with E-state index in [1.54, 1.807) is 60.3 Å². The summed E-state index contributed by atoms with van der Waals surface area (Å²) in [6.45, 7) is 10.9. The number of ether oxygens (including phenoxy) is 2. The molecule has 8 N–H and O–H groups in total. The van der Waals surface area contributed by atoms with Crippen LogP contribution in [-0.4, -0.2) is 226 Å². The molecule has 25 nitrogen and oxygen atoms in total. The Bertz CT molecular complexity index is 3860. The SMILES string of the molecule is CCS(=O)(=O)O.CCS(=O)(=O)O.COC(=O)c1ccc2c(C(=Nc3ccc(N(C)C(=O)CN4CCN(C)CC4)cc3)c3ccccc3)c(O)[nH]c2c1.COC(=O)c1ccc2c(C(=Nc3ccc(N(C)C(=O)CN4CCN(C)CC4)cc3)c3ccccc3)c(O)[nH]c2c1.O. The van der Waals surface area contributed by atoms with Crippen LogP contribution in [0, 0.1) is 0 Å². The molecule has 0 atom stereocenters. The number of aromatic hydroxyl groups is 2. The molecule has 0 aliphatic carbocycles. The number of carbonyl (C=O) groups is 4. The molecule has 0 unspecified atom stereocenters. The Balaban J connectivity index is 0.000000249. The number of benzene rings is 6. The van der Waals surface area contributed by atoms with Gasteiger partial charge in [0.1, 0.15) is 0 Å². The molecule has 8 aromatic rings. The van der Waals surface area contributed by atoms with E-state index in [0.717, 1.165) is 85.6 Å². The van der Waals surface area contributed by atoms with Gasteiger partial charge in [-0.2, -0.15) is 16.8 Å². The van der Waals surface area contributed by atoms with Gasteiger partial charge in [0, 0.05) is 111 Å². The second-order valence-corrected chi connectivity index (χ2v) is 25.2. The number of piperazine rings is 2. The number of rotatable bonds is 16. The number of fused-ring (bicyclic) bond motifs is 2. The highest BCUT2D eigenvalue weighted by atomic mass is 32.2. The van der Waals surface area contributed by atoms with Crippen molar-refractivity contribution in [2.75, 3.05) is 129 Å². The molecule has 27 heteroatoms. The van der Waals surface area contributed by atoms with Gasteiger partial charge in [-0.25, -0.2) is 19.6 Å². The molecule has 2 aromatic heterocycles. The van der Waals surface area contributed by atoms with Crippen LogP contribution in [0.4, 0.5) is 22.7 Å². The molecule has 496 valence electrons. The molecule has 2 aliphatic heterocycles. The number of hydrogen-bond acceptors (Lipinski definition) is 18. The topological polar surface area (TPSA) is 343 Å². The molecule has 6 aromatic carbocycles. The van der Waals surface area contributed by atoms with Crippen LogP contribution in [-0.2, 0) is 39.3 Å². The lowest BCUT2D eigenvalue weighted by Crippen LogP contribution is -2.48. The first-order valence-corrected chi connectivity index (χ1v) is 32.6. The van der Waals surface area contributed by atoms with E-state index < -0.39 is 32.2 Å². The molecule has 2 aliphatic rings. The number of esters is 2. The zero-order valence-electron chi connectivity index (χ0n) is 53.1. The third-order valence-electron chi connectivity index (χ3n) is 15.3. The smallest absolute Gasteiger partial charge is 0.337 e. The van der Waals surface area contributed by atoms with E-state index in [1.165, 1.54) is 28.1 Å². The van der Waals surface area contributed by atoms with E-state index in [0.29, 0.717) is 69.2 Å². The minimum absolute atomic E-state index is 0. The molecule has 4 heterocycles. The lowest BCUT2D eigenvalue weighted by atomic mass is 10.00. The van der Waals surface area contributed by atoms with Gasteiger partial charge < -0.3 is 54.7 Å². The summed E-state index contributed by atoms with van der Waals surface area (Å²) in [5.74, 6) is -1.33. The lowest BCUT2D eigenvalue weighted by Gasteiger charge is -2.32. The molecule has 93 heavy (non-hydrogen) atoms. The molecule has 2 amide bonds. The van der Waals surface area contributed by atoms with Gasteiger partial charge in [-0.15, -0.1) is 0 Å². The molecular weight excluding hydrogens is 1240 g/mol. The summed E-state index contributed by atoms with van der Waals surface area (Å²) < 4.78 is 63.5. The van der Waals surface area contributed by atoms with Crippen LogP contribution in [0.15, 0.2) is 156 Å². The van der Waals surface area contributed by atoms with Crippen molar-refractivity contribution >= 4 is 100.0 Å². The van der Waals surface area contributed by atoms with Crippen molar-refractivity contribution in [2.24, 2.45) is 9.98 Å². The van der Waals surface area contributed by atoms with Crippen LogP contribution >= 0.6 is 0 Å². The number of carbonyl (C=O) groups excluding carboxylic acids is 4. The van der Waals surface area contributed by atoms with Gasteiger partial charge in [-0.3, -0.25) is 28.5 Å². The maximum atomic E-state index is 12.9. The highest BCUT2D eigenvalue weighted by molar-refractivity contribution is 7.85. The van der Waals surface area contributed by atoms with E-state index in [2.05, 4.69) is 43.7 Å². The van der Waals surface area contributed by atoms with Crippen LogP contribution in [0.1, 0.15) is 56.8 Å². The highest BCUT2D eigenvalue weighted by Gasteiger charge is 2.25. The average Bonchev–Trinajstić information content (AvgIpc) is 1.65.